The standard InChI is InChI=1S/C60H42N2O2.Ir/c1-40(63)36-51(64)31-30-41-12-2-5-15-52(41)48-37-49(55-18-10-8-16-53(55)44-22-26-46(27-23-44)59-57-20-6-3-13-42(57)32-34-61-59)39-50(38-48)56-19-11-9-17-54(56)45-24-28-47(29-25-45)60-58-21-7-4-14-43(58)33-35-62-60;/h2-26,28,32-39,63H,30-31H2,1H3;/q-2;/b40-36-;. The second-order valence-electron chi connectivity index (χ2n) is 16.0. The molecular weight excluding hydrogens is 973 g/mol. The van der Waals surface area contributed by atoms with E-state index in [1.165, 1.54) is 13.0 Å². The Morgan fingerprint density at radius 3 is 1.38 bits per heavy atom. The van der Waals surface area contributed by atoms with E-state index >= 15 is 0 Å². The van der Waals surface area contributed by atoms with Crippen molar-refractivity contribution < 1.29 is 30.0 Å². The van der Waals surface area contributed by atoms with Gasteiger partial charge in [0.2, 0.25) is 0 Å². The molecule has 0 atom stereocenters. The molecule has 0 aliphatic heterocycles. The van der Waals surface area contributed by atoms with Gasteiger partial charge in [-0.2, -0.15) is 0 Å². The van der Waals surface area contributed by atoms with Crippen molar-refractivity contribution >= 4 is 27.3 Å². The van der Waals surface area contributed by atoms with Crippen LogP contribution in [0, 0.1) is 12.1 Å². The number of allylic oxidation sites excluding steroid dienone is 2. The largest absolute Gasteiger partial charge is 0.512 e. The molecule has 1 radical (unpaired) electrons. The summed E-state index contributed by atoms with van der Waals surface area (Å²) in [6.45, 7) is 1.53. The van der Waals surface area contributed by atoms with Crippen molar-refractivity contribution in [3.05, 3.63) is 230 Å². The van der Waals surface area contributed by atoms with Crippen LogP contribution in [0.5, 0.6) is 0 Å². The van der Waals surface area contributed by atoms with E-state index in [1.54, 1.807) is 0 Å². The predicted octanol–water partition coefficient (Wildman–Crippen LogP) is 15.0. The minimum Gasteiger partial charge on any atom is -0.512 e. The van der Waals surface area contributed by atoms with Gasteiger partial charge in [-0.15, -0.1) is 59.7 Å². The average Bonchev–Trinajstić information content (AvgIpc) is 3.35. The number of ketones is 1. The van der Waals surface area contributed by atoms with E-state index < -0.39 is 0 Å². The predicted molar refractivity (Wildman–Crippen MR) is 262 cm³/mol. The molecule has 10 aromatic rings. The van der Waals surface area contributed by atoms with E-state index in [4.69, 9.17) is 9.97 Å². The molecule has 0 fully saturated rings. The van der Waals surface area contributed by atoms with Gasteiger partial charge in [-0.05, 0) is 116 Å². The molecule has 1 N–H and O–H groups in total. The number of hydrogen-bond acceptors (Lipinski definition) is 4. The maximum absolute atomic E-state index is 12.8. The summed E-state index contributed by atoms with van der Waals surface area (Å²) in [4.78, 5) is 22.3. The number of rotatable bonds is 11. The summed E-state index contributed by atoms with van der Waals surface area (Å²) in [5.74, 6) is -0.0897. The van der Waals surface area contributed by atoms with E-state index in [0.717, 1.165) is 105 Å². The number of carbonyl (C=O) groups is 1. The Morgan fingerprint density at radius 1 is 0.508 bits per heavy atom. The van der Waals surface area contributed by atoms with Crippen LogP contribution in [0.2, 0.25) is 0 Å². The molecule has 2 aromatic heterocycles. The van der Waals surface area contributed by atoms with E-state index in [2.05, 4.69) is 158 Å². The van der Waals surface area contributed by atoms with Gasteiger partial charge in [0.15, 0.2) is 5.78 Å². The third-order valence-electron chi connectivity index (χ3n) is 11.9. The molecule has 5 heteroatoms. The summed E-state index contributed by atoms with van der Waals surface area (Å²) < 4.78 is 0. The summed E-state index contributed by atoms with van der Waals surface area (Å²) in [5.41, 5.74) is 15.4. The fourth-order valence-electron chi connectivity index (χ4n) is 8.80. The second-order valence-corrected chi connectivity index (χ2v) is 16.0. The van der Waals surface area contributed by atoms with Gasteiger partial charge < -0.3 is 15.1 Å². The van der Waals surface area contributed by atoms with Crippen LogP contribution in [0.3, 0.4) is 0 Å². The third-order valence-corrected chi connectivity index (χ3v) is 11.9. The number of fused-ring (bicyclic) bond motifs is 2. The van der Waals surface area contributed by atoms with Crippen LogP contribution in [0.15, 0.2) is 212 Å². The maximum Gasteiger partial charge on any atom is 0.159 e. The maximum atomic E-state index is 12.8. The number of pyridine rings is 2. The number of aliphatic hydroxyl groups is 1. The first-order valence-corrected chi connectivity index (χ1v) is 21.5. The molecule has 8 aromatic carbocycles. The second kappa shape index (κ2) is 19.0. The molecule has 0 aliphatic carbocycles. The van der Waals surface area contributed by atoms with Crippen molar-refractivity contribution in [1.82, 2.24) is 9.97 Å². The molecular formula is C60H42IrN2O2-2. The topological polar surface area (TPSA) is 63.1 Å². The minimum absolute atomic E-state index is 0. The monoisotopic (exact) mass is 1020 g/mol. The molecule has 0 unspecified atom stereocenters. The van der Waals surface area contributed by atoms with Gasteiger partial charge >= 0.3 is 0 Å². The van der Waals surface area contributed by atoms with Crippen LogP contribution in [-0.2, 0) is 31.3 Å². The summed E-state index contributed by atoms with van der Waals surface area (Å²) >= 11 is 0. The number of aliphatic hydroxyl groups excluding tert-OH is 1. The smallest absolute Gasteiger partial charge is 0.159 e. The number of benzene rings is 8. The van der Waals surface area contributed by atoms with Crippen molar-refractivity contribution in [2.24, 2.45) is 0 Å². The summed E-state index contributed by atoms with van der Waals surface area (Å²) in [6.07, 6.45) is 5.84. The molecule has 2 heterocycles. The Kier molecular flexibility index (Phi) is 12.5. The van der Waals surface area contributed by atoms with E-state index in [0.29, 0.717) is 6.42 Å². The first-order chi connectivity index (χ1) is 31.5. The summed E-state index contributed by atoms with van der Waals surface area (Å²) in [7, 11) is 0. The van der Waals surface area contributed by atoms with Crippen LogP contribution in [-0.4, -0.2) is 20.9 Å². The summed E-state index contributed by atoms with van der Waals surface area (Å²) in [6, 6.07) is 72.7. The van der Waals surface area contributed by atoms with Crippen molar-refractivity contribution in [3.63, 3.8) is 0 Å². The van der Waals surface area contributed by atoms with Gasteiger partial charge in [-0.25, -0.2) is 0 Å². The molecule has 10 rings (SSSR count). The van der Waals surface area contributed by atoms with E-state index in [9.17, 15) is 9.90 Å². The quantitative estimate of drug-likeness (QED) is 0.0797. The first-order valence-electron chi connectivity index (χ1n) is 21.5. The first kappa shape index (κ1) is 42.7. The van der Waals surface area contributed by atoms with E-state index in [-0.39, 0.29) is 38.1 Å². The van der Waals surface area contributed by atoms with Crippen molar-refractivity contribution in [2.45, 2.75) is 19.8 Å². The molecule has 4 nitrogen and oxygen atoms in total. The zero-order chi connectivity index (χ0) is 43.4. The molecule has 315 valence electrons. The molecule has 65 heavy (non-hydrogen) atoms. The molecule has 0 saturated carbocycles. The Labute approximate surface area is 393 Å². The van der Waals surface area contributed by atoms with Gasteiger partial charge in [0.1, 0.15) is 0 Å². The summed E-state index contributed by atoms with van der Waals surface area (Å²) in [5, 5.41) is 14.3. The van der Waals surface area contributed by atoms with Gasteiger partial charge in [-0.1, -0.05) is 144 Å². The van der Waals surface area contributed by atoms with Crippen LogP contribution >= 0.6 is 0 Å². The SMILES string of the molecule is C/C(O)=C/C(=O)CCc1ccccc1-c1cc(-c2ccccc2-c2c[c-]c(-c3nccc4ccccc34)cc2)cc(-c2ccccc2-c2c[c-]c(-c3nccc4ccccc34)cc2)c1.[Ir]. The van der Waals surface area contributed by atoms with Gasteiger partial charge in [0.25, 0.3) is 0 Å². The zero-order valence-electron chi connectivity index (χ0n) is 35.6. The Morgan fingerprint density at radius 2 is 0.923 bits per heavy atom. The molecule has 0 aliphatic rings. The van der Waals surface area contributed by atoms with Gasteiger partial charge in [0.05, 0.1) is 5.76 Å². The van der Waals surface area contributed by atoms with Crippen LogP contribution in [0.1, 0.15) is 18.9 Å². The fourth-order valence-corrected chi connectivity index (χ4v) is 8.80. The number of nitrogens with zero attached hydrogens (tertiary/aromatic N) is 2. The van der Waals surface area contributed by atoms with Crippen LogP contribution < -0.4 is 0 Å². The normalized spacial score (nSPS) is 11.4. The molecule has 0 saturated heterocycles. The fraction of sp³-hybridized carbons (Fsp3) is 0.0500. The van der Waals surface area contributed by atoms with Crippen LogP contribution in [0.4, 0.5) is 0 Å². The third kappa shape index (κ3) is 8.99. The van der Waals surface area contributed by atoms with Crippen LogP contribution in [0.25, 0.3) is 99.7 Å². The number of hydrogen-bond donors (Lipinski definition) is 1. The Hall–Kier alpha value is -7.56. The number of aromatic nitrogens is 2. The van der Waals surface area contributed by atoms with Crippen molar-refractivity contribution in [1.29, 1.82) is 0 Å². The number of carbonyl (C=O) groups excluding carboxylic acids is 1. The average molecular weight is 1020 g/mol. The van der Waals surface area contributed by atoms with Gasteiger partial charge in [0, 0.05) is 45.0 Å². The molecule has 0 spiro atoms. The van der Waals surface area contributed by atoms with E-state index in [1.807, 2.05) is 54.9 Å². The Balaban J connectivity index is 0.00000533. The molecule has 0 amide bonds. The molecule has 0 bridgehead atoms. The number of aryl methyl sites for hydroxylation is 1. The Bertz CT molecular complexity index is 3170. The zero-order valence-corrected chi connectivity index (χ0v) is 38.0. The van der Waals surface area contributed by atoms with Crippen molar-refractivity contribution in [3.8, 4) is 78.1 Å². The van der Waals surface area contributed by atoms with Crippen molar-refractivity contribution in [2.75, 3.05) is 0 Å². The minimum atomic E-state index is -0.106. The van der Waals surface area contributed by atoms with Gasteiger partial charge in [-0.3, -0.25) is 4.79 Å².